The zero-order valence-corrected chi connectivity index (χ0v) is 13.3. The zero-order valence-electron chi connectivity index (χ0n) is 13.3. The Hall–Kier alpha value is -1.62. The van der Waals surface area contributed by atoms with E-state index in [-0.39, 0.29) is 11.5 Å². The maximum absolute atomic E-state index is 11.7. The Kier molecular flexibility index (Phi) is 10.0. The summed E-state index contributed by atoms with van der Waals surface area (Å²) in [5.74, 6) is -0.348. The topological polar surface area (TPSA) is 86.6 Å². The Bertz CT molecular complexity index is 387. The van der Waals surface area contributed by atoms with Gasteiger partial charge in [-0.25, -0.2) is 0 Å². The molecule has 2 N–H and O–H groups in total. The highest BCUT2D eigenvalue weighted by molar-refractivity contribution is 5.97. The van der Waals surface area contributed by atoms with Crippen LogP contribution < -0.4 is 10.6 Å². The highest BCUT2D eigenvalue weighted by atomic mass is 16.5. The van der Waals surface area contributed by atoms with Crippen LogP contribution in [0.25, 0.3) is 0 Å². The number of nitriles is 1. The number of carbonyl (C=O) groups excluding carboxylic acids is 1. The van der Waals surface area contributed by atoms with Gasteiger partial charge in [0.2, 0.25) is 0 Å². The number of carbonyl (C=O) groups is 1. The molecule has 7 heteroatoms. The van der Waals surface area contributed by atoms with Crippen molar-refractivity contribution < 1.29 is 14.3 Å². The fourth-order valence-corrected chi connectivity index (χ4v) is 2.07. The molecule has 1 fully saturated rings. The molecule has 0 aromatic carbocycles. The lowest BCUT2D eigenvalue weighted by molar-refractivity contribution is -0.117. The number of morpholine rings is 1. The molecule has 0 bridgehead atoms. The molecule has 0 saturated carbocycles. The van der Waals surface area contributed by atoms with Crippen molar-refractivity contribution in [3.8, 4) is 6.07 Å². The number of methoxy groups -OCH3 is 1. The van der Waals surface area contributed by atoms with Gasteiger partial charge in [-0.2, -0.15) is 5.26 Å². The predicted molar refractivity (Wildman–Crippen MR) is 83.1 cm³/mol. The van der Waals surface area contributed by atoms with Gasteiger partial charge in [0, 0.05) is 46.1 Å². The second-order valence-electron chi connectivity index (χ2n) is 5.03. The van der Waals surface area contributed by atoms with Gasteiger partial charge in [0.1, 0.15) is 11.6 Å². The summed E-state index contributed by atoms with van der Waals surface area (Å²) in [7, 11) is 1.61. The summed E-state index contributed by atoms with van der Waals surface area (Å²) in [5, 5.41) is 14.7. The molecule has 124 valence electrons. The summed E-state index contributed by atoms with van der Waals surface area (Å²) in [6.07, 6.45) is 3.18. The molecule has 0 unspecified atom stereocenters. The van der Waals surface area contributed by atoms with Crippen LogP contribution >= 0.6 is 0 Å². The van der Waals surface area contributed by atoms with Crippen LogP contribution in [0, 0.1) is 11.3 Å². The zero-order chi connectivity index (χ0) is 16.0. The number of nitrogens with zero attached hydrogens (tertiary/aromatic N) is 2. The Balaban J connectivity index is 2.15. The van der Waals surface area contributed by atoms with Crippen LogP contribution in [-0.2, 0) is 14.3 Å². The van der Waals surface area contributed by atoms with Crippen LogP contribution in [0.5, 0.6) is 0 Å². The van der Waals surface area contributed by atoms with E-state index in [0.29, 0.717) is 13.2 Å². The van der Waals surface area contributed by atoms with E-state index < -0.39 is 0 Å². The molecule has 1 rings (SSSR count). The number of ether oxygens (including phenoxy) is 2. The SMILES string of the molecule is COCCCNC(=O)/C(C#N)=C\NCCCN1CCOCC1. The third-order valence-electron chi connectivity index (χ3n) is 3.32. The van der Waals surface area contributed by atoms with E-state index in [2.05, 4.69) is 15.5 Å². The highest BCUT2D eigenvalue weighted by Gasteiger charge is 2.09. The van der Waals surface area contributed by atoms with Gasteiger partial charge in [-0.3, -0.25) is 9.69 Å². The number of nitrogens with one attached hydrogen (secondary N) is 2. The molecule has 1 saturated heterocycles. The Morgan fingerprint density at radius 2 is 2.14 bits per heavy atom. The summed E-state index contributed by atoms with van der Waals surface area (Å²) >= 11 is 0. The van der Waals surface area contributed by atoms with Crippen LogP contribution in [0.2, 0.25) is 0 Å². The number of hydrogen-bond donors (Lipinski definition) is 2. The van der Waals surface area contributed by atoms with Crippen molar-refractivity contribution in [1.82, 2.24) is 15.5 Å². The minimum absolute atomic E-state index is 0.101. The van der Waals surface area contributed by atoms with E-state index in [1.54, 1.807) is 7.11 Å². The Morgan fingerprint density at radius 3 is 2.82 bits per heavy atom. The van der Waals surface area contributed by atoms with Crippen molar-refractivity contribution >= 4 is 5.91 Å². The van der Waals surface area contributed by atoms with E-state index in [0.717, 1.165) is 52.2 Å². The van der Waals surface area contributed by atoms with Gasteiger partial charge in [-0.15, -0.1) is 0 Å². The van der Waals surface area contributed by atoms with E-state index in [1.165, 1.54) is 6.20 Å². The number of hydrogen-bond acceptors (Lipinski definition) is 6. The molecule has 1 amide bonds. The summed E-state index contributed by atoms with van der Waals surface area (Å²) in [6.45, 7) is 6.37. The van der Waals surface area contributed by atoms with Crippen LogP contribution in [-0.4, -0.2) is 70.5 Å². The molecule has 0 aliphatic carbocycles. The molecule has 0 aromatic rings. The molecule has 0 spiro atoms. The van der Waals surface area contributed by atoms with Crippen molar-refractivity contribution in [1.29, 1.82) is 5.26 Å². The van der Waals surface area contributed by atoms with Gasteiger partial charge in [-0.1, -0.05) is 0 Å². The van der Waals surface area contributed by atoms with Crippen molar-refractivity contribution in [2.75, 3.05) is 59.7 Å². The molecule has 22 heavy (non-hydrogen) atoms. The van der Waals surface area contributed by atoms with Gasteiger partial charge in [0.15, 0.2) is 0 Å². The lowest BCUT2D eigenvalue weighted by Gasteiger charge is -2.26. The van der Waals surface area contributed by atoms with Gasteiger partial charge in [0.05, 0.1) is 13.2 Å². The average molecular weight is 310 g/mol. The van der Waals surface area contributed by atoms with Crippen LogP contribution in [0.3, 0.4) is 0 Å². The molecule has 1 heterocycles. The maximum atomic E-state index is 11.7. The fraction of sp³-hybridized carbons (Fsp3) is 0.733. The first-order valence-corrected chi connectivity index (χ1v) is 7.69. The molecule has 1 aliphatic heterocycles. The molecule has 1 aliphatic rings. The second kappa shape index (κ2) is 12.0. The number of amides is 1. The molecular formula is C15H26N4O3. The highest BCUT2D eigenvalue weighted by Crippen LogP contribution is 1.97. The predicted octanol–water partition coefficient (Wildman–Crippen LogP) is -0.142. The molecular weight excluding hydrogens is 284 g/mol. The summed E-state index contributed by atoms with van der Waals surface area (Å²) in [5.41, 5.74) is 0.101. The maximum Gasteiger partial charge on any atom is 0.263 e. The molecule has 0 radical (unpaired) electrons. The summed E-state index contributed by atoms with van der Waals surface area (Å²) in [6, 6.07) is 1.91. The molecule has 0 atom stereocenters. The molecule has 0 aromatic heterocycles. The number of rotatable bonds is 10. The van der Waals surface area contributed by atoms with Crippen molar-refractivity contribution in [3.05, 3.63) is 11.8 Å². The molecule has 7 nitrogen and oxygen atoms in total. The van der Waals surface area contributed by atoms with E-state index in [1.807, 2.05) is 6.07 Å². The quantitative estimate of drug-likeness (QED) is 0.332. The first kappa shape index (κ1) is 18.4. The minimum atomic E-state index is -0.348. The third kappa shape index (κ3) is 7.98. The lowest BCUT2D eigenvalue weighted by Crippen LogP contribution is -2.37. The Morgan fingerprint density at radius 1 is 1.36 bits per heavy atom. The standard InChI is InChI=1S/C15H26N4O3/c1-21-9-3-5-18-15(20)14(12-16)13-17-4-2-6-19-7-10-22-11-8-19/h13,17H,2-11H2,1H3,(H,18,20)/b14-13-. The largest absolute Gasteiger partial charge is 0.390 e. The first-order valence-electron chi connectivity index (χ1n) is 7.69. The van der Waals surface area contributed by atoms with Crippen molar-refractivity contribution in [3.63, 3.8) is 0 Å². The summed E-state index contributed by atoms with van der Waals surface area (Å²) in [4.78, 5) is 14.1. The Labute approximate surface area is 132 Å². The van der Waals surface area contributed by atoms with Crippen molar-refractivity contribution in [2.45, 2.75) is 12.8 Å². The fourth-order valence-electron chi connectivity index (χ4n) is 2.07. The third-order valence-corrected chi connectivity index (χ3v) is 3.32. The van der Waals surface area contributed by atoms with Gasteiger partial charge in [-0.05, 0) is 19.4 Å². The van der Waals surface area contributed by atoms with E-state index >= 15 is 0 Å². The van der Waals surface area contributed by atoms with E-state index in [9.17, 15) is 4.79 Å². The van der Waals surface area contributed by atoms with Crippen molar-refractivity contribution in [2.24, 2.45) is 0 Å². The van der Waals surface area contributed by atoms with Gasteiger partial charge < -0.3 is 20.1 Å². The van der Waals surface area contributed by atoms with Gasteiger partial charge >= 0.3 is 0 Å². The van der Waals surface area contributed by atoms with E-state index in [4.69, 9.17) is 14.7 Å². The summed E-state index contributed by atoms with van der Waals surface area (Å²) < 4.78 is 10.2. The monoisotopic (exact) mass is 310 g/mol. The van der Waals surface area contributed by atoms with Crippen LogP contribution in [0.15, 0.2) is 11.8 Å². The average Bonchev–Trinajstić information content (AvgIpc) is 2.55. The lowest BCUT2D eigenvalue weighted by atomic mass is 10.3. The minimum Gasteiger partial charge on any atom is -0.390 e. The van der Waals surface area contributed by atoms with Crippen LogP contribution in [0.1, 0.15) is 12.8 Å². The first-order chi connectivity index (χ1) is 10.8. The smallest absolute Gasteiger partial charge is 0.263 e. The second-order valence-corrected chi connectivity index (χ2v) is 5.03. The van der Waals surface area contributed by atoms with Gasteiger partial charge in [0.25, 0.3) is 5.91 Å². The normalized spacial score (nSPS) is 16.1. The van der Waals surface area contributed by atoms with Crippen LogP contribution in [0.4, 0.5) is 0 Å².